The average Bonchev–Trinajstić information content (AvgIpc) is 2.74. The Kier molecular flexibility index (Phi) is 6.79. The Hall–Kier alpha value is -2.13. The molecule has 160 valence electrons. The molecule has 0 aliphatic carbocycles. The Morgan fingerprint density at radius 2 is 1.83 bits per heavy atom. The lowest BCUT2D eigenvalue weighted by atomic mass is 10.0. The number of rotatable bonds is 4. The van der Waals surface area contributed by atoms with Crippen molar-refractivity contribution in [1.29, 1.82) is 0 Å². The first-order chi connectivity index (χ1) is 13.8. The maximum absolute atomic E-state index is 13.0. The molecule has 1 aromatic carbocycles. The van der Waals surface area contributed by atoms with Crippen LogP contribution in [0.2, 0.25) is 0 Å². The third-order valence-corrected chi connectivity index (χ3v) is 7.72. The first-order valence-corrected chi connectivity index (χ1v) is 11.5. The second-order valence-electron chi connectivity index (χ2n) is 7.69. The number of methoxy groups -OCH3 is 1. The van der Waals surface area contributed by atoms with Crippen LogP contribution in [0.1, 0.15) is 49.4 Å². The molecule has 8 nitrogen and oxygen atoms in total. The number of nitrogens with one attached hydrogen (secondary N) is 1. The fraction of sp³-hybridized carbons (Fsp3) is 0.600. The van der Waals surface area contributed by atoms with Gasteiger partial charge in [-0.05, 0) is 50.8 Å². The van der Waals surface area contributed by atoms with Crippen LogP contribution in [0.4, 0.5) is 4.79 Å². The second kappa shape index (κ2) is 9.13. The lowest BCUT2D eigenvalue weighted by molar-refractivity contribution is 0.0892. The summed E-state index contributed by atoms with van der Waals surface area (Å²) >= 11 is 0. The predicted molar refractivity (Wildman–Crippen MR) is 108 cm³/mol. The van der Waals surface area contributed by atoms with Crippen LogP contribution < -0.4 is 5.32 Å². The van der Waals surface area contributed by atoms with Crippen molar-refractivity contribution in [2.24, 2.45) is 0 Å². The van der Waals surface area contributed by atoms with Crippen LogP contribution in [0.3, 0.4) is 0 Å². The summed E-state index contributed by atoms with van der Waals surface area (Å²) in [7, 11) is -2.28. The van der Waals surface area contributed by atoms with Crippen LogP contribution in [-0.2, 0) is 14.8 Å². The van der Waals surface area contributed by atoms with Gasteiger partial charge in [0.1, 0.15) is 0 Å². The van der Waals surface area contributed by atoms with Crippen LogP contribution in [0.25, 0.3) is 0 Å². The maximum Gasteiger partial charge on any atom is 0.409 e. The monoisotopic (exact) mass is 423 g/mol. The van der Waals surface area contributed by atoms with Crippen LogP contribution in [-0.4, -0.2) is 68.5 Å². The molecule has 1 atom stereocenters. The Bertz CT molecular complexity index is 849. The minimum absolute atomic E-state index is 0.0359. The van der Waals surface area contributed by atoms with Crippen LogP contribution in [0.5, 0.6) is 0 Å². The Morgan fingerprint density at radius 3 is 2.48 bits per heavy atom. The summed E-state index contributed by atoms with van der Waals surface area (Å²) < 4.78 is 32.3. The highest BCUT2D eigenvalue weighted by Crippen LogP contribution is 2.25. The second-order valence-corrected chi connectivity index (χ2v) is 9.58. The molecular formula is C20H29N3O5S. The molecule has 0 spiro atoms. The molecule has 1 aromatic rings. The molecule has 2 aliphatic rings. The van der Waals surface area contributed by atoms with E-state index in [2.05, 4.69) is 5.32 Å². The van der Waals surface area contributed by atoms with Crippen LogP contribution in [0, 0.1) is 0 Å². The summed E-state index contributed by atoms with van der Waals surface area (Å²) in [5.74, 6) is -0.301. The molecule has 0 bridgehead atoms. The minimum atomic E-state index is -3.62. The third kappa shape index (κ3) is 4.90. The van der Waals surface area contributed by atoms with Crippen molar-refractivity contribution in [1.82, 2.24) is 14.5 Å². The summed E-state index contributed by atoms with van der Waals surface area (Å²) in [5.41, 5.74) is 0.325. The van der Waals surface area contributed by atoms with Gasteiger partial charge < -0.3 is 15.0 Å². The number of sulfonamides is 1. The van der Waals surface area contributed by atoms with Gasteiger partial charge in [-0.2, -0.15) is 4.31 Å². The van der Waals surface area contributed by atoms with E-state index in [4.69, 9.17) is 4.74 Å². The number of hydrogen-bond acceptors (Lipinski definition) is 5. The molecule has 2 amide bonds. The molecule has 1 unspecified atom stereocenters. The van der Waals surface area contributed by atoms with Crippen molar-refractivity contribution in [3.05, 3.63) is 29.8 Å². The van der Waals surface area contributed by atoms with Gasteiger partial charge in [0.15, 0.2) is 0 Å². The molecule has 29 heavy (non-hydrogen) atoms. The van der Waals surface area contributed by atoms with Gasteiger partial charge in [-0.3, -0.25) is 4.79 Å². The highest BCUT2D eigenvalue weighted by molar-refractivity contribution is 7.89. The fourth-order valence-corrected chi connectivity index (χ4v) is 5.71. The Morgan fingerprint density at radius 1 is 1.10 bits per heavy atom. The maximum atomic E-state index is 13.0. The minimum Gasteiger partial charge on any atom is -0.453 e. The SMILES string of the molecule is COC(=O)N1CCC(NC(=O)c2cccc(S(=O)(=O)N3CCCCC3C)c2)CC1. The summed E-state index contributed by atoms with van der Waals surface area (Å²) in [4.78, 5) is 26.0. The van der Waals surface area contributed by atoms with Gasteiger partial charge in [0.05, 0.1) is 12.0 Å². The van der Waals surface area contributed by atoms with Gasteiger partial charge in [0, 0.05) is 37.3 Å². The molecule has 0 aromatic heterocycles. The predicted octanol–water partition coefficient (Wildman–Crippen LogP) is 2.21. The average molecular weight is 424 g/mol. The number of likely N-dealkylation sites (tertiary alicyclic amines) is 1. The van der Waals surface area contributed by atoms with E-state index < -0.39 is 10.0 Å². The lowest BCUT2D eigenvalue weighted by Gasteiger charge is -2.32. The summed E-state index contributed by atoms with van der Waals surface area (Å²) in [5, 5.41) is 2.95. The van der Waals surface area contributed by atoms with Gasteiger partial charge in [-0.25, -0.2) is 13.2 Å². The van der Waals surface area contributed by atoms with E-state index in [1.165, 1.54) is 17.5 Å². The van der Waals surface area contributed by atoms with Gasteiger partial charge >= 0.3 is 6.09 Å². The topological polar surface area (TPSA) is 96.0 Å². The molecule has 2 fully saturated rings. The highest BCUT2D eigenvalue weighted by atomic mass is 32.2. The fourth-order valence-electron chi connectivity index (χ4n) is 3.97. The zero-order chi connectivity index (χ0) is 21.0. The van der Waals surface area contributed by atoms with E-state index in [1.807, 2.05) is 6.92 Å². The van der Waals surface area contributed by atoms with Crippen molar-refractivity contribution in [2.75, 3.05) is 26.7 Å². The molecule has 2 aliphatic heterocycles. The van der Waals surface area contributed by atoms with Gasteiger partial charge in [-0.15, -0.1) is 0 Å². The summed E-state index contributed by atoms with van der Waals surface area (Å²) in [6, 6.07) is 6.13. The van der Waals surface area contributed by atoms with E-state index in [1.54, 1.807) is 23.1 Å². The van der Waals surface area contributed by atoms with Gasteiger partial charge in [0.2, 0.25) is 10.0 Å². The van der Waals surface area contributed by atoms with Crippen molar-refractivity contribution in [3.8, 4) is 0 Å². The smallest absolute Gasteiger partial charge is 0.409 e. The van der Waals surface area contributed by atoms with Crippen LogP contribution in [0.15, 0.2) is 29.2 Å². The quantitative estimate of drug-likeness (QED) is 0.801. The molecule has 9 heteroatoms. The van der Waals surface area contributed by atoms with Gasteiger partial charge in [0.25, 0.3) is 5.91 Å². The molecular weight excluding hydrogens is 394 g/mol. The number of benzene rings is 1. The van der Waals surface area contributed by atoms with Gasteiger partial charge in [-0.1, -0.05) is 12.5 Å². The van der Waals surface area contributed by atoms with E-state index in [0.717, 1.165) is 19.3 Å². The first-order valence-electron chi connectivity index (χ1n) is 10.1. The zero-order valence-electron chi connectivity index (χ0n) is 17.0. The highest BCUT2D eigenvalue weighted by Gasteiger charge is 2.31. The molecule has 1 N–H and O–H groups in total. The van der Waals surface area contributed by atoms with E-state index >= 15 is 0 Å². The zero-order valence-corrected chi connectivity index (χ0v) is 17.8. The normalized spacial score (nSPS) is 21.6. The number of carbonyl (C=O) groups is 2. The molecule has 0 saturated carbocycles. The number of ether oxygens (including phenoxy) is 1. The third-order valence-electron chi connectivity index (χ3n) is 5.71. The standard InChI is InChI=1S/C20H29N3O5S/c1-15-6-3-4-11-23(15)29(26,27)18-8-5-7-16(14-18)19(24)21-17-9-12-22(13-10-17)20(25)28-2/h5,7-8,14-15,17H,3-4,6,9-13H2,1-2H3,(H,21,24). The molecule has 3 rings (SSSR count). The van der Waals surface area contributed by atoms with E-state index in [-0.39, 0.29) is 29.0 Å². The van der Waals surface area contributed by atoms with E-state index in [0.29, 0.717) is 38.0 Å². The van der Waals surface area contributed by atoms with Crippen molar-refractivity contribution in [2.45, 2.75) is 56.0 Å². The number of nitrogens with zero attached hydrogens (tertiary/aromatic N) is 2. The van der Waals surface area contributed by atoms with Crippen LogP contribution >= 0.6 is 0 Å². The van der Waals surface area contributed by atoms with E-state index in [9.17, 15) is 18.0 Å². The largest absolute Gasteiger partial charge is 0.453 e. The molecule has 2 saturated heterocycles. The number of piperidine rings is 2. The van der Waals surface area contributed by atoms with Crippen molar-refractivity contribution < 1.29 is 22.7 Å². The molecule has 2 heterocycles. The Balaban J connectivity index is 1.66. The lowest BCUT2D eigenvalue weighted by Crippen LogP contribution is -2.46. The number of hydrogen-bond donors (Lipinski definition) is 1. The Labute approximate surface area is 172 Å². The summed E-state index contributed by atoms with van der Waals surface area (Å²) in [6.07, 6.45) is 3.63. The summed E-state index contributed by atoms with van der Waals surface area (Å²) in [6.45, 7) is 3.46. The number of amides is 2. The van der Waals surface area contributed by atoms with Crippen molar-refractivity contribution >= 4 is 22.0 Å². The van der Waals surface area contributed by atoms with Crippen molar-refractivity contribution in [3.63, 3.8) is 0 Å². The first kappa shape index (κ1) is 21.6. The number of carbonyl (C=O) groups excluding carboxylic acids is 2. The molecule has 0 radical (unpaired) electrons.